The summed E-state index contributed by atoms with van der Waals surface area (Å²) in [6, 6.07) is 0. The van der Waals surface area contributed by atoms with Crippen LogP contribution in [0.3, 0.4) is 0 Å². The van der Waals surface area contributed by atoms with E-state index >= 15 is 0 Å². The van der Waals surface area contributed by atoms with Gasteiger partial charge >= 0.3 is 5.97 Å². The maximum Gasteiger partial charge on any atom is 0.339 e. The van der Waals surface area contributed by atoms with Gasteiger partial charge in [-0.1, -0.05) is 0 Å². The van der Waals surface area contributed by atoms with Crippen LogP contribution in [0.15, 0.2) is 6.20 Å². The Morgan fingerprint density at radius 1 is 1.53 bits per heavy atom. The molecular formula is C11H16N2O4. The third-order valence-corrected chi connectivity index (χ3v) is 2.11. The van der Waals surface area contributed by atoms with E-state index in [-0.39, 0.29) is 29.9 Å². The molecule has 1 heterocycles. The number of aromatic nitrogens is 1. The molecule has 0 aromatic carbocycles. The Morgan fingerprint density at radius 3 is 2.71 bits per heavy atom. The zero-order chi connectivity index (χ0) is 13.0. The van der Waals surface area contributed by atoms with E-state index in [0.717, 1.165) is 0 Å². The van der Waals surface area contributed by atoms with Crippen LogP contribution in [0.2, 0.25) is 0 Å². The molecule has 1 amide bonds. The second-order valence-electron chi connectivity index (χ2n) is 3.92. The molecule has 1 aromatic heterocycles. The summed E-state index contributed by atoms with van der Waals surface area (Å²) >= 11 is 0. The number of aromatic carboxylic acids is 1. The van der Waals surface area contributed by atoms with Gasteiger partial charge in [0.1, 0.15) is 12.2 Å². The van der Waals surface area contributed by atoms with Gasteiger partial charge in [-0.2, -0.15) is 0 Å². The van der Waals surface area contributed by atoms with Gasteiger partial charge in [-0.05, 0) is 20.8 Å². The molecule has 0 saturated carbocycles. The number of aryl methyl sites for hydroxylation is 1. The summed E-state index contributed by atoms with van der Waals surface area (Å²) in [7, 11) is 0. The second kappa shape index (κ2) is 5.49. The number of carboxylic acid groups (broad SMARTS) is 1. The molecule has 17 heavy (non-hydrogen) atoms. The minimum atomic E-state index is -1.08. The molecule has 0 spiro atoms. The average Bonchev–Trinajstić information content (AvgIpc) is 2.56. The number of nitrogens with one attached hydrogen (secondary N) is 2. The summed E-state index contributed by atoms with van der Waals surface area (Å²) in [6.07, 6.45) is 1.40. The summed E-state index contributed by atoms with van der Waals surface area (Å²) in [5.74, 6) is -1.45. The first-order valence-corrected chi connectivity index (χ1v) is 5.24. The fourth-order valence-corrected chi connectivity index (χ4v) is 1.33. The highest BCUT2D eigenvalue weighted by atomic mass is 16.5. The van der Waals surface area contributed by atoms with E-state index in [2.05, 4.69) is 10.3 Å². The summed E-state index contributed by atoms with van der Waals surface area (Å²) < 4.78 is 5.11. The van der Waals surface area contributed by atoms with E-state index in [1.807, 2.05) is 13.8 Å². The molecule has 3 N–H and O–H groups in total. The zero-order valence-corrected chi connectivity index (χ0v) is 10.0. The number of H-pyrrole nitrogens is 1. The SMILES string of the molecule is Cc1[nH]cc(NC(=O)COC(C)C)c1C(=O)O. The number of carbonyl (C=O) groups excluding carboxylic acids is 1. The van der Waals surface area contributed by atoms with Crippen molar-refractivity contribution in [3.8, 4) is 0 Å². The molecule has 0 saturated heterocycles. The highest BCUT2D eigenvalue weighted by Crippen LogP contribution is 2.18. The zero-order valence-electron chi connectivity index (χ0n) is 10.0. The van der Waals surface area contributed by atoms with Gasteiger partial charge in [0.25, 0.3) is 0 Å². The average molecular weight is 240 g/mol. The first-order valence-electron chi connectivity index (χ1n) is 5.24. The lowest BCUT2D eigenvalue weighted by Crippen LogP contribution is -2.21. The van der Waals surface area contributed by atoms with Crippen LogP contribution < -0.4 is 5.32 Å². The van der Waals surface area contributed by atoms with Crippen molar-refractivity contribution in [2.45, 2.75) is 26.9 Å². The smallest absolute Gasteiger partial charge is 0.339 e. The fourth-order valence-electron chi connectivity index (χ4n) is 1.33. The lowest BCUT2D eigenvalue weighted by molar-refractivity contribution is -0.121. The van der Waals surface area contributed by atoms with Gasteiger partial charge < -0.3 is 20.1 Å². The third-order valence-electron chi connectivity index (χ3n) is 2.11. The van der Waals surface area contributed by atoms with Crippen molar-refractivity contribution in [1.29, 1.82) is 0 Å². The molecule has 1 rings (SSSR count). The molecule has 0 fully saturated rings. The van der Waals surface area contributed by atoms with Gasteiger partial charge in [0.15, 0.2) is 0 Å². The van der Waals surface area contributed by atoms with Gasteiger partial charge in [0.2, 0.25) is 5.91 Å². The van der Waals surface area contributed by atoms with Crippen molar-refractivity contribution in [3.05, 3.63) is 17.5 Å². The van der Waals surface area contributed by atoms with Crippen molar-refractivity contribution in [3.63, 3.8) is 0 Å². The second-order valence-corrected chi connectivity index (χ2v) is 3.92. The maximum absolute atomic E-state index is 11.5. The number of carbonyl (C=O) groups is 2. The molecule has 0 bridgehead atoms. The van der Waals surface area contributed by atoms with Crippen molar-refractivity contribution < 1.29 is 19.4 Å². The van der Waals surface area contributed by atoms with Crippen molar-refractivity contribution >= 4 is 17.6 Å². The van der Waals surface area contributed by atoms with Crippen LogP contribution in [-0.4, -0.2) is 34.7 Å². The van der Waals surface area contributed by atoms with Crippen molar-refractivity contribution in [2.75, 3.05) is 11.9 Å². The molecule has 94 valence electrons. The molecular weight excluding hydrogens is 224 g/mol. The normalized spacial score (nSPS) is 10.6. The molecule has 1 aromatic rings. The number of aromatic amines is 1. The predicted octanol–water partition coefficient (Wildman–Crippen LogP) is 1.38. The van der Waals surface area contributed by atoms with E-state index in [0.29, 0.717) is 5.69 Å². The van der Waals surface area contributed by atoms with Crippen LogP contribution in [0.1, 0.15) is 29.9 Å². The molecule has 6 nitrogen and oxygen atoms in total. The van der Waals surface area contributed by atoms with Gasteiger partial charge in [0.05, 0.1) is 11.8 Å². The van der Waals surface area contributed by atoms with Crippen LogP contribution in [0, 0.1) is 6.92 Å². The Labute approximate surface area is 99.0 Å². The number of hydrogen-bond acceptors (Lipinski definition) is 3. The van der Waals surface area contributed by atoms with Gasteiger partial charge in [-0.25, -0.2) is 4.79 Å². The minimum absolute atomic E-state index is 0.0485. The van der Waals surface area contributed by atoms with Gasteiger partial charge in [-0.15, -0.1) is 0 Å². The topological polar surface area (TPSA) is 91.4 Å². The van der Waals surface area contributed by atoms with Crippen molar-refractivity contribution in [1.82, 2.24) is 4.98 Å². The Hall–Kier alpha value is -1.82. The lowest BCUT2D eigenvalue weighted by atomic mass is 10.2. The minimum Gasteiger partial charge on any atom is -0.478 e. The Kier molecular flexibility index (Phi) is 4.28. The standard InChI is InChI=1S/C11H16N2O4/c1-6(2)17-5-9(14)13-8-4-12-7(3)10(8)11(15)16/h4,6,12H,5H2,1-3H3,(H,13,14)(H,15,16). The number of anilines is 1. The molecule has 0 aliphatic heterocycles. The van der Waals surface area contributed by atoms with Crippen LogP contribution in [0.25, 0.3) is 0 Å². The lowest BCUT2D eigenvalue weighted by Gasteiger charge is -2.08. The molecule has 0 aliphatic carbocycles. The summed E-state index contributed by atoms with van der Waals surface area (Å²) in [6.45, 7) is 5.16. The highest BCUT2D eigenvalue weighted by molar-refractivity contribution is 6.01. The van der Waals surface area contributed by atoms with E-state index in [1.54, 1.807) is 6.92 Å². The quantitative estimate of drug-likeness (QED) is 0.725. The van der Waals surface area contributed by atoms with Gasteiger partial charge in [-0.3, -0.25) is 4.79 Å². The Balaban J connectivity index is 2.69. The first kappa shape index (κ1) is 13.2. The van der Waals surface area contributed by atoms with E-state index in [9.17, 15) is 9.59 Å². The largest absolute Gasteiger partial charge is 0.478 e. The highest BCUT2D eigenvalue weighted by Gasteiger charge is 2.17. The van der Waals surface area contributed by atoms with Crippen molar-refractivity contribution in [2.24, 2.45) is 0 Å². The number of carboxylic acids is 1. The predicted molar refractivity (Wildman–Crippen MR) is 62.2 cm³/mol. The first-order chi connectivity index (χ1) is 7.91. The number of hydrogen-bond donors (Lipinski definition) is 3. The molecule has 6 heteroatoms. The molecule has 0 atom stereocenters. The van der Waals surface area contributed by atoms with Crippen LogP contribution in [-0.2, 0) is 9.53 Å². The number of amides is 1. The van der Waals surface area contributed by atoms with Gasteiger partial charge in [0, 0.05) is 11.9 Å². The number of rotatable bonds is 5. The monoisotopic (exact) mass is 240 g/mol. The van der Waals surface area contributed by atoms with Crippen LogP contribution in [0.4, 0.5) is 5.69 Å². The fraction of sp³-hybridized carbons (Fsp3) is 0.455. The Morgan fingerprint density at radius 2 is 2.18 bits per heavy atom. The molecule has 0 unspecified atom stereocenters. The summed E-state index contributed by atoms with van der Waals surface area (Å²) in [5.41, 5.74) is 0.827. The van der Waals surface area contributed by atoms with Crippen LogP contribution in [0.5, 0.6) is 0 Å². The number of ether oxygens (including phenoxy) is 1. The van der Waals surface area contributed by atoms with E-state index < -0.39 is 5.97 Å². The Bertz CT molecular complexity index is 423. The van der Waals surface area contributed by atoms with E-state index in [4.69, 9.17) is 9.84 Å². The van der Waals surface area contributed by atoms with E-state index in [1.165, 1.54) is 6.20 Å². The maximum atomic E-state index is 11.5. The third kappa shape index (κ3) is 3.60. The summed E-state index contributed by atoms with van der Waals surface area (Å²) in [5, 5.41) is 11.5. The molecule has 0 aliphatic rings. The summed E-state index contributed by atoms with van der Waals surface area (Å²) in [4.78, 5) is 25.2. The van der Waals surface area contributed by atoms with Crippen LogP contribution >= 0.6 is 0 Å². The molecule has 0 radical (unpaired) electrons.